The summed E-state index contributed by atoms with van der Waals surface area (Å²) in [5.41, 5.74) is 11.8. The summed E-state index contributed by atoms with van der Waals surface area (Å²) in [5.74, 6) is 4.25. The van der Waals surface area contributed by atoms with Crippen molar-refractivity contribution >= 4 is 72.8 Å². The van der Waals surface area contributed by atoms with Crippen LogP contribution < -0.4 is 25.9 Å². The summed E-state index contributed by atoms with van der Waals surface area (Å²) in [6.45, 7) is 0.0222. The zero-order chi connectivity index (χ0) is 32.5. The molecule has 232 valence electrons. The van der Waals surface area contributed by atoms with Gasteiger partial charge in [0.2, 0.25) is 5.78 Å². The molecule has 2 aliphatic heterocycles. The van der Waals surface area contributed by atoms with Gasteiger partial charge in [-0.2, -0.15) is 0 Å². The van der Waals surface area contributed by atoms with Crippen molar-refractivity contribution < 1.29 is 9.47 Å². The van der Waals surface area contributed by atoms with Gasteiger partial charge in [0, 0.05) is 34.1 Å². The lowest BCUT2D eigenvalue weighted by Gasteiger charge is -2.33. The maximum Gasteiger partial charge on any atom is 0.260 e. The fourth-order valence-corrected chi connectivity index (χ4v) is 8.52. The Morgan fingerprint density at radius 3 is 1.82 bits per heavy atom. The molecule has 7 heteroatoms. The number of imidazole rings is 2. The Morgan fingerprint density at radius 2 is 1.08 bits per heavy atom. The lowest BCUT2D eigenvalue weighted by atomic mass is 9.35. The van der Waals surface area contributed by atoms with Crippen molar-refractivity contribution in [2.24, 2.45) is 0 Å². The minimum Gasteiger partial charge on any atom is -0.458 e. The number of nitrogens with zero attached hydrogens (tertiary/aromatic N) is 4. The van der Waals surface area contributed by atoms with Crippen molar-refractivity contribution in [3.63, 3.8) is 0 Å². The monoisotopic (exact) mass is 640 g/mol. The van der Waals surface area contributed by atoms with Gasteiger partial charge in [-0.25, -0.2) is 4.98 Å². The summed E-state index contributed by atoms with van der Waals surface area (Å²) >= 11 is 0. The standard InChI is InChI=1S/C43H25BN4O2/c1-2-12-26(13-3-1)47-33-18-8-9-19-34(33)48-35-23-22-29-28-14-4-7-17-32(28)46(42(29)41(35)45-43(47)48)27-24-38-40-39(25-27)50-37-21-11-6-16-31(37)44(40)30-15-5-10-20-36(30)49-38/h1-25H. The Labute approximate surface area is 286 Å². The normalized spacial score (nSPS) is 13.1. The molecule has 0 aliphatic carbocycles. The molecule has 0 unspecified atom stereocenters. The Balaban J connectivity index is 1.19. The third-order valence-corrected chi connectivity index (χ3v) is 10.6. The summed E-state index contributed by atoms with van der Waals surface area (Å²) in [6, 6.07) is 53.2. The number of hydrogen-bond donors (Lipinski definition) is 0. The molecule has 3 aromatic heterocycles. The van der Waals surface area contributed by atoms with Gasteiger partial charge in [-0.05, 0) is 65.5 Å². The van der Waals surface area contributed by atoms with Gasteiger partial charge in [0.1, 0.15) is 28.5 Å². The highest BCUT2D eigenvalue weighted by atomic mass is 16.5. The van der Waals surface area contributed by atoms with E-state index < -0.39 is 0 Å². The van der Waals surface area contributed by atoms with Gasteiger partial charge in [-0.1, -0.05) is 84.9 Å². The highest BCUT2D eigenvalue weighted by Gasteiger charge is 2.40. The largest absolute Gasteiger partial charge is 0.458 e. The molecule has 0 spiro atoms. The second-order valence-corrected chi connectivity index (χ2v) is 13.2. The molecule has 5 heterocycles. The number of para-hydroxylation sites is 6. The number of ether oxygens (including phenoxy) is 2. The third kappa shape index (κ3) is 3.31. The van der Waals surface area contributed by atoms with Crippen molar-refractivity contribution in [1.29, 1.82) is 0 Å². The van der Waals surface area contributed by atoms with Gasteiger partial charge >= 0.3 is 0 Å². The van der Waals surface area contributed by atoms with E-state index in [1.165, 1.54) is 5.39 Å². The van der Waals surface area contributed by atoms with Crippen molar-refractivity contribution in [2.45, 2.75) is 0 Å². The van der Waals surface area contributed by atoms with E-state index in [1.54, 1.807) is 0 Å². The molecule has 2 aliphatic rings. The van der Waals surface area contributed by atoms with Crippen LogP contribution in [0.15, 0.2) is 152 Å². The van der Waals surface area contributed by atoms with Crippen LogP contribution in [0.5, 0.6) is 23.0 Å². The predicted molar refractivity (Wildman–Crippen MR) is 202 cm³/mol. The Kier molecular flexibility index (Phi) is 4.96. The van der Waals surface area contributed by atoms with E-state index in [0.29, 0.717) is 0 Å². The van der Waals surface area contributed by atoms with Crippen molar-refractivity contribution in [3.05, 3.63) is 152 Å². The van der Waals surface area contributed by atoms with Crippen LogP contribution in [0, 0.1) is 0 Å². The number of aromatic nitrogens is 4. The van der Waals surface area contributed by atoms with E-state index in [9.17, 15) is 0 Å². The molecule has 0 amide bonds. The smallest absolute Gasteiger partial charge is 0.260 e. The minimum absolute atomic E-state index is 0.0222. The fraction of sp³-hybridized carbons (Fsp3) is 0. The number of benzene rings is 7. The maximum atomic E-state index is 6.72. The van der Waals surface area contributed by atoms with Crippen LogP contribution in [-0.4, -0.2) is 25.2 Å². The SMILES string of the molecule is c1ccc(-n2c3ccccc3n3c4ccc5c6ccccc6n(-c6cc7c8c(c6)Oc6ccccc6B8c6ccccc6O7)c5c4nc23)cc1. The van der Waals surface area contributed by atoms with E-state index in [2.05, 4.69) is 153 Å². The van der Waals surface area contributed by atoms with Crippen LogP contribution >= 0.6 is 0 Å². The molecule has 0 radical (unpaired) electrons. The van der Waals surface area contributed by atoms with Crippen LogP contribution in [0.4, 0.5) is 0 Å². The zero-order valence-corrected chi connectivity index (χ0v) is 26.6. The predicted octanol–water partition coefficient (Wildman–Crippen LogP) is 8.26. The first kappa shape index (κ1) is 26.3. The summed E-state index contributed by atoms with van der Waals surface area (Å²) in [5, 5.41) is 2.31. The molecule has 0 saturated carbocycles. The summed E-state index contributed by atoms with van der Waals surface area (Å²) < 4.78 is 20.3. The van der Waals surface area contributed by atoms with E-state index in [-0.39, 0.29) is 6.71 Å². The maximum absolute atomic E-state index is 6.72. The summed E-state index contributed by atoms with van der Waals surface area (Å²) in [6.07, 6.45) is 0. The second-order valence-electron chi connectivity index (χ2n) is 13.2. The van der Waals surface area contributed by atoms with Gasteiger partial charge < -0.3 is 14.0 Å². The van der Waals surface area contributed by atoms with Gasteiger partial charge in [0.05, 0.1) is 33.3 Å². The van der Waals surface area contributed by atoms with E-state index >= 15 is 0 Å². The molecule has 0 saturated heterocycles. The molecular weight excluding hydrogens is 615 g/mol. The van der Waals surface area contributed by atoms with Gasteiger partial charge in [0.15, 0.2) is 0 Å². The van der Waals surface area contributed by atoms with Crippen LogP contribution in [0.2, 0.25) is 0 Å². The first-order chi connectivity index (χ1) is 24.8. The molecule has 0 bridgehead atoms. The first-order valence-corrected chi connectivity index (χ1v) is 16.9. The topological polar surface area (TPSA) is 45.6 Å². The van der Waals surface area contributed by atoms with Crippen molar-refractivity contribution in [2.75, 3.05) is 0 Å². The molecule has 0 atom stereocenters. The highest BCUT2D eigenvalue weighted by Crippen LogP contribution is 2.42. The van der Waals surface area contributed by atoms with Gasteiger partial charge in [0.25, 0.3) is 6.71 Å². The third-order valence-electron chi connectivity index (χ3n) is 10.6. The van der Waals surface area contributed by atoms with Crippen molar-refractivity contribution in [3.8, 4) is 34.4 Å². The van der Waals surface area contributed by atoms with Crippen LogP contribution in [-0.2, 0) is 0 Å². The number of fused-ring (bicyclic) bond motifs is 13. The Hall–Kier alpha value is -6.73. The van der Waals surface area contributed by atoms with Gasteiger partial charge in [-0.3, -0.25) is 8.97 Å². The average Bonchev–Trinajstić information content (AvgIpc) is 3.82. The lowest BCUT2D eigenvalue weighted by molar-refractivity contribution is 0.464. The van der Waals surface area contributed by atoms with Crippen LogP contribution in [0.3, 0.4) is 0 Å². The van der Waals surface area contributed by atoms with Crippen LogP contribution in [0.1, 0.15) is 0 Å². The summed E-state index contributed by atoms with van der Waals surface area (Å²) in [7, 11) is 0. The lowest BCUT2D eigenvalue weighted by Crippen LogP contribution is -2.57. The molecule has 6 nitrogen and oxygen atoms in total. The van der Waals surface area contributed by atoms with E-state index in [1.807, 2.05) is 12.1 Å². The van der Waals surface area contributed by atoms with Gasteiger partial charge in [-0.15, -0.1) is 0 Å². The Bertz CT molecular complexity index is 2990. The Morgan fingerprint density at radius 1 is 0.460 bits per heavy atom. The average molecular weight is 641 g/mol. The molecule has 12 rings (SSSR count). The van der Waals surface area contributed by atoms with E-state index in [4.69, 9.17) is 14.5 Å². The minimum atomic E-state index is 0.0222. The number of hydrogen-bond acceptors (Lipinski definition) is 3. The van der Waals surface area contributed by atoms with Crippen molar-refractivity contribution in [1.82, 2.24) is 18.5 Å². The van der Waals surface area contributed by atoms with E-state index in [0.717, 1.165) is 95.0 Å². The molecule has 0 fully saturated rings. The molecule has 10 aromatic rings. The molecule has 7 aromatic carbocycles. The fourth-order valence-electron chi connectivity index (χ4n) is 8.52. The van der Waals surface area contributed by atoms with Crippen LogP contribution in [0.25, 0.3) is 61.0 Å². The highest BCUT2D eigenvalue weighted by molar-refractivity contribution is 6.98. The number of rotatable bonds is 2. The zero-order valence-electron chi connectivity index (χ0n) is 26.6. The summed E-state index contributed by atoms with van der Waals surface area (Å²) in [4.78, 5) is 5.49. The first-order valence-electron chi connectivity index (χ1n) is 16.9. The second kappa shape index (κ2) is 9.46. The quantitative estimate of drug-likeness (QED) is 0.179. The molecule has 50 heavy (non-hydrogen) atoms. The molecule has 0 N–H and O–H groups in total. The molecular formula is C43H25BN4O2.